The molecule has 0 saturated carbocycles. The minimum Gasteiger partial charge on any atom is -0.535 e. The summed E-state index contributed by atoms with van der Waals surface area (Å²) in [7, 11) is 0.708. The Balaban J connectivity index is 2.20. The fourth-order valence-corrected chi connectivity index (χ4v) is 3.44. The molecule has 0 fully saturated rings. The zero-order chi connectivity index (χ0) is 16.7. The Morgan fingerprint density at radius 2 is 1.88 bits per heavy atom. The molecular weight excluding hydrogens is 299 g/mol. The highest BCUT2D eigenvalue weighted by molar-refractivity contribution is 6.23. The van der Waals surface area contributed by atoms with Gasteiger partial charge in [-0.2, -0.15) is 0 Å². The number of hydrogen-bond acceptors (Lipinski definition) is 3. The van der Waals surface area contributed by atoms with Gasteiger partial charge in [-0.05, 0) is 40.8 Å². The number of para-hydroxylation sites is 1. The molecule has 1 heterocycles. The van der Waals surface area contributed by atoms with Gasteiger partial charge in [-0.15, -0.1) is 0 Å². The molecule has 1 N–H and O–H groups in total. The van der Waals surface area contributed by atoms with Gasteiger partial charge in [-0.1, -0.05) is 50.2 Å². The van der Waals surface area contributed by atoms with Crippen LogP contribution in [0.4, 0.5) is 0 Å². The number of furan rings is 1. The van der Waals surface area contributed by atoms with Gasteiger partial charge in [-0.3, -0.25) is 0 Å². The Morgan fingerprint density at radius 3 is 2.67 bits per heavy atom. The molecule has 4 aromatic rings. The second-order valence-electron chi connectivity index (χ2n) is 6.15. The molecule has 0 aliphatic carbocycles. The molecule has 0 saturated heterocycles. The summed E-state index contributed by atoms with van der Waals surface area (Å²) in [5.41, 5.74) is 2.76. The van der Waals surface area contributed by atoms with E-state index in [-0.39, 0.29) is 0 Å². The van der Waals surface area contributed by atoms with E-state index in [1.165, 1.54) is 5.56 Å². The van der Waals surface area contributed by atoms with Crippen LogP contribution in [0.3, 0.4) is 0 Å². The van der Waals surface area contributed by atoms with Gasteiger partial charge >= 0.3 is 7.69 Å². The maximum atomic E-state index is 9.16. The first-order chi connectivity index (χ1) is 11.7. The third-order valence-electron chi connectivity index (χ3n) is 4.83. The van der Waals surface area contributed by atoms with Crippen molar-refractivity contribution in [3.05, 3.63) is 54.1 Å². The van der Waals surface area contributed by atoms with Crippen molar-refractivity contribution in [2.45, 2.75) is 26.2 Å². The van der Waals surface area contributed by atoms with Crippen molar-refractivity contribution >= 4 is 40.4 Å². The molecule has 0 bridgehead atoms. The van der Waals surface area contributed by atoms with Crippen LogP contribution in [0.25, 0.3) is 32.7 Å². The average Bonchev–Trinajstić information content (AvgIpc) is 3.01. The lowest BCUT2D eigenvalue weighted by Gasteiger charge is -2.14. The maximum Gasteiger partial charge on any atom is 0.569 e. The third-order valence-corrected chi connectivity index (χ3v) is 4.83. The summed E-state index contributed by atoms with van der Waals surface area (Å²) in [6.45, 7) is 4.42. The molecule has 0 spiro atoms. The highest BCUT2D eigenvalue weighted by Gasteiger charge is 2.18. The van der Waals surface area contributed by atoms with Crippen LogP contribution < -0.4 is 4.65 Å². The first-order valence-electron chi connectivity index (χ1n) is 8.24. The molecule has 24 heavy (non-hydrogen) atoms. The van der Waals surface area contributed by atoms with Crippen molar-refractivity contribution in [2.75, 3.05) is 0 Å². The van der Waals surface area contributed by atoms with Gasteiger partial charge in [0.25, 0.3) is 0 Å². The summed E-state index contributed by atoms with van der Waals surface area (Å²) in [5, 5.41) is 13.5. The molecule has 4 rings (SSSR count). The van der Waals surface area contributed by atoms with E-state index in [4.69, 9.17) is 14.1 Å². The van der Waals surface area contributed by atoms with Gasteiger partial charge in [0.2, 0.25) is 0 Å². The molecule has 1 unspecified atom stereocenters. The van der Waals surface area contributed by atoms with Crippen molar-refractivity contribution in [2.24, 2.45) is 0 Å². The standard InChI is InChI=1S/C20H18BO3/c1-3-12(2)13-8-6-9-14-16(13)11-18(24-21-22)20-19(14)15-7-4-5-10-17(15)23-20/h4-12,22H,3H2,1-2H3. The lowest BCUT2D eigenvalue weighted by molar-refractivity contribution is 0.451. The first-order valence-corrected chi connectivity index (χ1v) is 8.24. The molecule has 0 aliphatic heterocycles. The monoisotopic (exact) mass is 317 g/mol. The molecule has 0 amide bonds. The molecule has 1 atom stereocenters. The van der Waals surface area contributed by atoms with Crippen molar-refractivity contribution in [3.63, 3.8) is 0 Å². The van der Waals surface area contributed by atoms with Crippen LogP contribution in [-0.2, 0) is 0 Å². The van der Waals surface area contributed by atoms with Crippen molar-refractivity contribution < 1.29 is 14.1 Å². The molecule has 1 radical (unpaired) electrons. The van der Waals surface area contributed by atoms with Crippen LogP contribution in [0.15, 0.2) is 52.9 Å². The first kappa shape index (κ1) is 15.1. The molecule has 3 nitrogen and oxygen atoms in total. The summed E-state index contributed by atoms with van der Waals surface area (Å²) in [4.78, 5) is 0. The van der Waals surface area contributed by atoms with Gasteiger partial charge in [0.15, 0.2) is 5.58 Å². The second-order valence-corrected chi connectivity index (χ2v) is 6.15. The number of fused-ring (bicyclic) bond motifs is 5. The van der Waals surface area contributed by atoms with E-state index in [0.717, 1.165) is 33.5 Å². The summed E-state index contributed by atoms with van der Waals surface area (Å²) < 4.78 is 11.4. The van der Waals surface area contributed by atoms with E-state index >= 15 is 0 Å². The maximum absolute atomic E-state index is 9.16. The van der Waals surface area contributed by atoms with Crippen LogP contribution in [-0.4, -0.2) is 12.7 Å². The van der Waals surface area contributed by atoms with Crippen LogP contribution in [0, 0.1) is 0 Å². The number of benzene rings is 3. The molecule has 3 aromatic carbocycles. The van der Waals surface area contributed by atoms with Crippen LogP contribution in [0.5, 0.6) is 5.75 Å². The number of hydrogen-bond donors (Lipinski definition) is 1. The van der Waals surface area contributed by atoms with E-state index in [0.29, 0.717) is 24.9 Å². The predicted octanol–water partition coefficient (Wildman–Crippen LogP) is 5.16. The second kappa shape index (κ2) is 5.88. The minimum atomic E-state index is 0.440. The average molecular weight is 317 g/mol. The molecule has 0 aliphatic rings. The summed E-state index contributed by atoms with van der Waals surface area (Å²) >= 11 is 0. The lowest BCUT2D eigenvalue weighted by atomic mass is 9.91. The topological polar surface area (TPSA) is 42.6 Å². The fourth-order valence-electron chi connectivity index (χ4n) is 3.44. The third kappa shape index (κ3) is 2.18. The highest BCUT2D eigenvalue weighted by atomic mass is 16.5. The summed E-state index contributed by atoms with van der Waals surface area (Å²) in [5.74, 6) is 0.974. The Morgan fingerprint density at radius 1 is 1.08 bits per heavy atom. The van der Waals surface area contributed by atoms with Crippen molar-refractivity contribution in [3.8, 4) is 5.75 Å². The van der Waals surface area contributed by atoms with E-state index in [9.17, 15) is 0 Å². The van der Waals surface area contributed by atoms with Crippen LogP contribution in [0.2, 0.25) is 0 Å². The Labute approximate surface area is 141 Å². The minimum absolute atomic E-state index is 0.440. The number of rotatable bonds is 4. The quantitative estimate of drug-likeness (QED) is 0.529. The van der Waals surface area contributed by atoms with Gasteiger partial charge in [0.1, 0.15) is 11.3 Å². The van der Waals surface area contributed by atoms with Gasteiger partial charge in [0.05, 0.1) is 0 Å². The SMILES string of the molecule is CCC(C)c1cccc2c1cc(O[B]O)c1oc3ccccc3c12. The molecule has 119 valence electrons. The fraction of sp³-hybridized carbons (Fsp3) is 0.200. The Bertz CT molecular complexity index is 1040. The summed E-state index contributed by atoms with van der Waals surface area (Å²) in [6.07, 6.45) is 1.06. The molecular formula is C20H18BO3. The van der Waals surface area contributed by atoms with Crippen LogP contribution >= 0.6 is 0 Å². The Hall–Kier alpha value is -2.46. The van der Waals surface area contributed by atoms with Crippen molar-refractivity contribution in [1.82, 2.24) is 0 Å². The highest BCUT2D eigenvalue weighted by Crippen LogP contribution is 2.42. The summed E-state index contributed by atoms with van der Waals surface area (Å²) in [6, 6.07) is 16.3. The normalized spacial score (nSPS) is 12.8. The van der Waals surface area contributed by atoms with Gasteiger partial charge in [0, 0.05) is 10.8 Å². The van der Waals surface area contributed by atoms with E-state index in [2.05, 4.69) is 38.1 Å². The largest absolute Gasteiger partial charge is 0.569 e. The van der Waals surface area contributed by atoms with E-state index < -0.39 is 0 Å². The van der Waals surface area contributed by atoms with E-state index in [1.807, 2.05) is 24.3 Å². The Kier molecular flexibility index (Phi) is 3.70. The predicted molar refractivity (Wildman–Crippen MR) is 98.5 cm³/mol. The smallest absolute Gasteiger partial charge is 0.535 e. The zero-order valence-corrected chi connectivity index (χ0v) is 13.7. The van der Waals surface area contributed by atoms with Crippen LogP contribution in [0.1, 0.15) is 31.7 Å². The molecule has 1 aromatic heterocycles. The molecule has 4 heteroatoms. The van der Waals surface area contributed by atoms with Crippen molar-refractivity contribution in [1.29, 1.82) is 0 Å². The van der Waals surface area contributed by atoms with Gasteiger partial charge < -0.3 is 14.1 Å². The zero-order valence-electron chi connectivity index (χ0n) is 13.7. The lowest BCUT2D eigenvalue weighted by Crippen LogP contribution is -2.01. The van der Waals surface area contributed by atoms with E-state index in [1.54, 1.807) is 0 Å². The van der Waals surface area contributed by atoms with Gasteiger partial charge in [-0.25, -0.2) is 0 Å².